The molecule has 0 aliphatic carbocycles. The summed E-state index contributed by atoms with van der Waals surface area (Å²) in [5.41, 5.74) is 3.82. The number of aromatic nitrogens is 1. The van der Waals surface area contributed by atoms with Gasteiger partial charge >= 0.3 is 0 Å². The number of nitrogens with zero attached hydrogens (tertiary/aromatic N) is 4. The summed E-state index contributed by atoms with van der Waals surface area (Å²) < 4.78 is 12.9. The minimum Gasteiger partial charge on any atom is -0.493 e. The van der Waals surface area contributed by atoms with Crippen LogP contribution in [0.1, 0.15) is 29.8 Å². The first-order chi connectivity index (χ1) is 19.3. The number of carbonyl (C=O) groups excluding carboxylic acids is 2. The molecule has 2 aliphatic heterocycles. The van der Waals surface area contributed by atoms with E-state index in [-0.39, 0.29) is 34.9 Å². The number of thioether (sulfide) groups is 1. The largest absolute Gasteiger partial charge is 0.493 e. The Morgan fingerprint density at radius 3 is 2.48 bits per heavy atom. The van der Waals surface area contributed by atoms with Crippen LogP contribution in [-0.4, -0.2) is 58.9 Å². The Kier molecular flexibility index (Phi) is 7.83. The Morgan fingerprint density at radius 2 is 1.77 bits per heavy atom. The van der Waals surface area contributed by atoms with Gasteiger partial charge in [-0.3, -0.25) is 24.6 Å². The van der Waals surface area contributed by atoms with Gasteiger partial charge in [0.15, 0.2) is 11.5 Å². The maximum atomic E-state index is 13.1. The Balaban J connectivity index is 1.35. The van der Waals surface area contributed by atoms with Crippen LogP contribution in [0.5, 0.6) is 11.5 Å². The van der Waals surface area contributed by atoms with Gasteiger partial charge in [-0.1, -0.05) is 12.1 Å². The zero-order valence-electron chi connectivity index (χ0n) is 22.6. The number of hydrogen-bond acceptors (Lipinski definition) is 8. The molecule has 0 spiro atoms. The van der Waals surface area contributed by atoms with Crippen LogP contribution >= 0.6 is 11.8 Å². The van der Waals surface area contributed by atoms with Gasteiger partial charge in [0.1, 0.15) is 12.3 Å². The molecule has 2 aromatic carbocycles. The van der Waals surface area contributed by atoms with Crippen LogP contribution in [-0.2, 0) is 4.79 Å². The van der Waals surface area contributed by atoms with Crippen molar-refractivity contribution >= 4 is 40.4 Å². The number of ether oxygens (including phenoxy) is 2. The van der Waals surface area contributed by atoms with E-state index in [1.54, 1.807) is 31.4 Å². The first-order valence-corrected chi connectivity index (χ1v) is 13.8. The molecule has 1 aromatic heterocycles. The minimum atomic E-state index is -0.381. The standard InChI is InChI=1S/C29H30N4O6S/c1-19-16-21(20(2)32(19)22-10-11-23(24(18-22)33(36)37)30-12-6-7-13-30)17-27-28(34)31(29(35)40-27)14-15-39-26-9-5-4-8-25(26)38-3/h4-5,8-11,16-18H,6-7,12-15H2,1-3H3/b27-17-. The van der Waals surface area contributed by atoms with E-state index in [4.69, 9.17) is 9.47 Å². The van der Waals surface area contributed by atoms with E-state index in [0.717, 1.165) is 54.6 Å². The number of carbonyl (C=O) groups is 2. The molecular weight excluding hydrogens is 532 g/mol. The van der Waals surface area contributed by atoms with Crippen LogP contribution in [0.3, 0.4) is 0 Å². The number of nitro benzene ring substituents is 1. The Morgan fingerprint density at radius 1 is 1.05 bits per heavy atom. The number of para-hydroxylation sites is 2. The summed E-state index contributed by atoms with van der Waals surface area (Å²) in [5, 5.41) is 11.6. The predicted molar refractivity (Wildman–Crippen MR) is 155 cm³/mol. The third-order valence-electron chi connectivity index (χ3n) is 7.13. The van der Waals surface area contributed by atoms with E-state index in [0.29, 0.717) is 27.8 Å². The van der Waals surface area contributed by atoms with Crippen molar-refractivity contribution in [3.63, 3.8) is 0 Å². The molecule has 0 radical (unpaired) electrons. The van der Waals surface area contributed by atoms with E-state index < -0.39 is 0 Å². The van der Waals surface area contributed by atoms with Crippen molar-refractivity contribution in [2.45, 2.75) is 26.7 Å². The lowest BCUT2D eigenvalue weighted by atomic mass is 10.2. The monoisotopic (exact) mass is 562 g/mol. The van der Waals surface area contributed by atoms with Crippen LogP contribution in [0.4, 0.5) is 16.2 Å². The zero-order chi connectivity index (χ0) is 28.4. The first-order valence-electron chi connectivity index (χ1n) is 13.0. The predicted octanol–water partition coefficient (Wildman–Crippen LogP) is 5.73. The summed E-state index contributed by atoms with van der Waals surface area (Å²) >= 11 is 0.887. The molecule has 5 rings (SSSR count). The van der Waals surface area contributed by atoms with Crippen molar-refractivity contribution in [1.82, 2.24) is 9.47 Å². The third-order valence-corrected chi connectivity index (χ3v) is 8.04. The number of methoxy groups -OCH3 is 1. The van der Waals surface area contributed by atoms with E-state index in [1.165, 1.54) is 4.90 Å². The number of amides is 2. The van der Waals surface area contributed by atoms with Gasteiger partial charge < -0.3 is 18.9 Å². The van der Waals surface area contributed by atoms with Gasteiger partial charge in [-0.2, -0.15) is 0 Å². The number of benzene rings is 2. The average Bonchev–Trinajstić information content (AvgIpc) is 3.64. The fourth-order valence-electron chi connectivity index (χ4n) is 5.17. The van der Waals surface area contributed by atoms with E-state index in [9.17, 15) is 19.7 Å². The quantitative estimate of drug-likeness (QED) is 0.185. The summed E-state index contributed by atoms with van der Waals surface area (Å²) in [5.74, 6) is 0.727. The molecule has 2 fully saturated rings. The van der Waals surface area contributed by atoms with Crippen LogP contribution in [0, 0.1) is 24.0 Å². The summed E-state index contributed by atoms with van der Waals surface area (Å²) in [4.78, 5) is 40.9. The fourth-order valence-corrected chi connectivity index (χ4v) is 6.03. The molecule has 0 N–H and O–H groups in total. The summed E-state index contributed by atoms with van der Waals surface area (Å²) in [6.45, 7) is 5.66. The molecule has 0 atom stereocenters. The molecule has 11 heteroatoms. The van der Waals surface area contributed by atoms with Crippen molar-refractivity contribution in [2.24, 2.45) is 0 Å². The molecule has 3 heterocycles. The summed E-state index contributed by atoms with van der Waals surface area (Å²) in [6, 6.07) is 14.4. The highest BCUT2D eigenvalue weighted by Crippen LogP contribution is 2.36. The van der Waals surface area contributed by atoms with Crippen molar-refractivity contribution in [3.05, 3.63) is 80.5 Å². The fraction of sp³-hybridized carbons (Fsp3) is 0.310. The van der Waals surface area contributed by atoms with Crippen molar-refractivity contribution in [1.29, 1.82) is 0 Å². The zero-order valence-corrected chi connectivity index (χ0v) is 23.4. The minimum absolute atomic E-state index is 0.0740. The van der Waals surface area contributed by atoms with Crippen LogP contribution in [0.25, 0.3) is 11.8 Å². The molecule has 0 unspecified atom stereocenters. The number of rotatable bonds is 9. The van der Waals surface area contributed by atoms with Crippen LogP contribution in [0.2, 0.25) is 0 Å². The van der Waals surface area contributed by atoms with Crippen molar-refractivity contribution in [2.75, 3.05) is 38.3 Å². The van der Waals surface area contributed by atoms with Gasteiger partial charge in [0.25, 0.3) is 16.8 Å². The average molecular weight is 563 g/mol. The molecule has 10 nitrogen and oxygen atoms in total. The lowest BCUT2D eigenvalue weighted by Gasteiger charge is -2.19. The molecular formula is C29H30N4O6S. The smallest absolute Gasteiger partial charge is 0.294 e. The normalized spacial score (nSPS) is 16.3. The van der Waals surface area contributed by atoms with Gasteiger partial charge in [0, 0.05) is 30.5 Å². The topological polar surface area (TPSA) is 107 Å². The maximum absolute atomic E-state index is 13.1. The Hall–Kier alpha value is -4.25. The molecule has 2 amide bonds. The second-order valence-corrected chi connectivity index (χ2v) is 10.6. The highest BCUT2D eigenvalue weighted by atomic mass is 32.2. The molecule has 0 bridgehead atoms. The number of anilines is 1. The Labute approximate surface area is 236 Å². The number of hydrogen-bond donors (Lipinski definition) is 0. The molecule has 2 aliphatic rings. The number of nitro groups is 1. The highest BCUT2D eigenvalue weighted by molar-refractivity contribution is 8.18. The lowest BCUT2D eigenvalue weighted by Crippen LogP contribution is -2.32. The van der Waals surface area contributed by atoms with Crippen LogP contribution in [0.15, 0.2) is 53.4 Å². The van der Waals surface area contributed by atoms with Gasteiger partial charge in [0.2, 0.25) is 0 Å². The highest BCUT2D eigenvalue weighted by Gasteiger charge is 2.35. The molecule has 3 aromatic rings. The first kappa shape index (κ1) is 27.3. The van der Waals surface area contributed by atoms with Gasteiger partial charge in [-0.25, -0.2) is 0 Å². The van der Waals surface area contributed by atoms with Crippen LogP contribution < -0.4 is 14.4 Å². The van der Waals surface area contributed by atoms with E-state index >= 15 is 0 Å². The SMILES string of the molecule is COc1ccccc1OCCN1C(=O)S/C(=C\c2cc(C)n(-c3ccc(N4CCCC4)c([N+](=O)[O-])c3)c2C)C1=O. The Bertz CT molecular complexity index is 1510. The molecule has 40 heavy (non-hydrogen) atoms. The van der Waals surface area contributed by atoms with Crippen molar-refractivity contribution < 1.29 is 24.0 Å². The maximum Gasteiger partial charge on any atom is 0.294 e. The molecule has 0 saturated carbocycles. The van der Waals surface area contributed by atoms with E-state index in [2.05, 4.69) is 4.90 Å². The van der Waals surface area contributed by atoms with E-state index in [1.807, 2.05) is 48.7 Å². The van der Waals surface area contributed by atoms with Gasteiger partial charge in [-0.05, 0) is 80.4 Å². The summed E-state index contributed by atoms with van der Waals surface area (Å²) in [6.07, 6.45) is 3.76. The van der Waals surface area contributed by atoms with Crippen molar-refractivity contribution in [3.8, 4) is 17.2 Å². The number of aryl methyl sites for hydroxylation is 1. The number of imide groups is 1. The second kappa shape index (κ2) is 11.5. The molecule has 2 saturated heterocycles. The van der Waals surface area contributed by atoms with Gasteiger partial charge in [0.05, 0.1) is 29.2 Å². The second-order valence-electron chi connectivity index (χ2n) is 9.62. The molecule has 208 valence electrons. The third kappa shape index (κ3) is 5.29. The summed E-state index contributed by atoms with van der Waals surface area (Å²) in [7, 11) is 1.55. The lowest BCUT2D eigenvalue weighted by molar-refractivity contribution is -0.384. The van der Waals surface area contributed by atoms with Gasteiger partial charge in [-0.15, -0.1) is 0 Å².